The summed E-state index contributed by atoms with van der Waals surface area (Å²) >= 11 is 0. The Labute approximate surface area is 131 Å². The predicted octanol–water partition coefficient (Wildman–Crippen LogP) is 2.73. The van der Waals surface area contributed by atoms with E-state index in [1.54, 1.807) is 7.05 Å². The minimum Gasteiger partial charge on any atom is -0.454 e. The largest absolute Gasteiger partial charge is 0.454 e. The summed E-state index contributed by atoms with van der Waals surface area (Å²) in [5, 5.41) is 5.42. The molecule has 0 aliphatic carbocycles. The summed E-state index contributed by atoms with van der Waals surface area (Å²) in [6.45, 7) is 2.64. The maximum Gasteiger partial charge on any atom is 0.232 e. The average Bonchev–Trinajstić information content (AvgIpc) is 2.97. The molecule has 0 saturated carbocycles. The molecular weight excluding hydrogens is 308 g/mol. The zero-order valence-electron chi connectivity index (χ0n) is 12.8. The average molecular weight is 323 g/mol. The van der Waals surface area contributed by atoms with Crippen molar-refractivity contribution in [3.05, 3.63) is 23.8 Å². The van der Waals surface area contributed by atoms with Gasteiger partial charge in [-0.25, -0.2) is 8.78 Å². The Kier molecular flexibility index (Phi) is 3.63. The van der Waals surface area contributed by atoms with Crippen LogP contribution in [0, 0.1) is 5.82 Å². The third-order valence-electron chi connectivity index (χ3n) is 3.12. The molecule has 122 valence electrons. The molecule has 1 aliphatic rings. The molecule has 0 saturated heterocycles. The first-order valence-electron chi connectivity index (χ1n) is 6.87. The van der Waals surface area contributed by atoms with E-state index < -0.39 is 11.5 Å². The molecule has 2 N–H and O–H groups in total. The zero-order valence-corrected chi connectivity index (χ0v) is 12.8. The molecule has 1 aromatic heterocycles. The Morgan fingerprint density at radius 3 is 2.57 bits per heavy atom. The van der Waals surface area contributed by atoms with Crippen molar-refractivity contribution in [2.24, 2.45) is 0 Å². The van der Waals surface area contributed by atoms with Crippen LogP contribution in [0.5, 0.6) is 11.5 Å². The molecule has 0 fully saturated rings. The van der Waals surface area contributed by atoms with Gasteiger partial charge in [-0.05, 0) is 26.0 Å². The van der Waals surface area contributed by atoms with Crippen molar-refractivity contribution < 1.29 is 18.3 Å². The number of hydrogen-bond donors (Lipinski definition) is 2. The second kappa shape index (κ2) is 5.49. The van der Waals surface area contributed by atoms with E-state index >= 15 is 0 Å². The summed E-state index contributed by atoms with van der Waals surface area (Å²) in [5.74, 6) is 0.132. The van der Waals surface area contributed by atoms with Gasteiger partial charge in [0.25, 0.3) is 0 Å². The number of alkyl halides is 1. The summed E-state index contributed by atoms with van der Waals surface area (Å²) < 4.78 is 38.7. The molecule has 23 heavy (non-hydrogen) atoms. The Bertz CT molecular complexity index is 749. The van der Waals surface area contributed by atoms with Gasteiger partial charge in [-0.15, -0.1) is 0 Å². The highest BCUT2D eigenvalue weighted by molar-refractivity contribution is 5.69. The predicted molar refractivity (Wildman–Crippen MR) is 79.3 cm³/mol. The van der Waals surface area contributed by atoms with Gasteiger partial charge in [0.15, 0.2) is 28.8 Å². The van der Waals surface area contributed by atoms with Crippen molar-refractivity contribution in [3.8, 4) is 11.5 Å². The number of anilines is 3. The summed E-state index contributed by atoms with van der Waals surface area (Å²) in [6, 6.07) is 2.70. The highest BCUT2D eigenvalue weighted by atomic mass is 19.1. The first kappa shape index (κ1) is 15.2. The Hall–Kier alpha value is -2.71. The molecule has 3 rings (SSSR count). The highest BCUT2D eigenvalue weighted by Crippen LogP contribution is 2.41. The number of nitrogens with one attached hydrogen (secondary N) is 2. The van der Waals surface area contributed by atoms with Crippen LogP contribution in [0.2, 0.25) is 0 Å². The lowest BCUT2D eigenvalue weighted by molar-refractivity contribution is 0.174. The highest BCUT2D eigenvalue weighted by Gasteiger charge is 2.26. The minimum atomic E-state index is -1.78. The SMILES string of the molecule is CNc1nc(Nc2c(F)ccc3c2OCO3)nc(C(C)(C)F)n1. The monoisotopic (exact) mass is 323 g/mol. The van der Waals surface area contributed by atoms with Crippen LogP contribution in [-0.4, -0.2) is 28.8 Å². The number of aromatic nitrogens is 3. The van der Waals surface area contributed by atoms with Crippen molar-refractivity contribution in [2.45, 2.75) is 19.5 Å². The number of ether oxygens (including phenoxy) is 2. The Balaban J connectivity index is 2.02. The van der Waals surface area contributed by atoms with Gasteiger partial charge in [0.1, 0.15) is 5.69 Å². The topological polar surface area (TPSA) is 81.2 Å². The van der Waals surface area contributed by atoms with Crippen molar-refractivity contribution in [2.75, 3.05) is 24.5 Å². The lowest BCUT2D eigenvalue weighted by atomic mass is 10.1. The standard InChI is InChI=1S/C14H15F2N5O2/c1-14(2,16)11-19-12(17-3)21-13(20-11)18-9-7(15)4-5-8-10(9)23-6-22-8/h4-5H,6H2,1-3H3,(H2,17,18,19,20,21). The molecule has 0 bridgehead atoms. The van der Waals surface area contributed by atoms with Gasteiger partial charge in [0.05, 0.1) is 0 Å². The Morgan fingerprint density at radius 2 is 1.87 bits per heavy atom. The molecule has 0 amide bonds. The van der Waals surface area contributed by atoms with Crippen molar-refractivity contribution >= 4 is 17.6 Å². The molecule has 2 heterocycles. The molecule has 0 unspecified atom stereocenters. The van der Waals surface area contributed by atoms with Crippen LogP contribution < -0.4 is 20.1 Å². The van der Waals surface area contributed by atoms with Crippen LogP contribution in [0.3, 0.4) is 0 Å². The zero-order chi connectivity index (χ0) is 16.6. The van der Waals surface area contributed by atoms with Crippen molar-refractivity contribution in [1.82, 2.24) is 15.0 Å². The van der Waals surface area contributed by atoms with Gasteiger partial charge < -0.3 is 20.1 Å². The molecule has 9 heteroatoms. The number of hydrogen-bond acceptors (Lipinski definition) is 7. The number of rotatable bonds is 4. The molecule has 1 aromatic carbocycles. The summed E-state index contributed by atoms with van der Waals surface area (Å²) in [7, 11) is 1.59. The Morgan fingerprint density at radius 1 is 1.13 bits per heavy atom. The van der Waals surface area contributed by atoms with Gasteiger partial charge in [-0.2, -0.15) is 15.0 Å². The molecule has 7 nitrogen and oxygen atoms in total. The smallest absolute Gasteiger partial charge is 0.232 e. The first-order chi connectivity index (χ1) is 10.9. The fraction of sp³-hybridized carbons (Fsp3) is 0.357. The van der Waals surface area contributed by atoms with E-state index in [9.17, 15) is 8.78 Å². The molecule has 0 radical (unpaired) electrons. The lowest BCUT2D eigenvalue weighted by Gasteiger charge is -2.15. The summed E-state index contributed by atoms with van der Waals surface area (Å²) in [6.07, 6.45) is 0. The molecular formula is C14H15F2N5O2. The number of halogens is 2. The molecule has 0 spiro atoms. The van der Waals surface area contributed by atoms with E-state index in [1.807, 2.05) is 0 Å². The number of nitrogens with zero attached hydrogens (tertiary/aromatic N) is 3. The van der Waals surface area contributed by atoms with Gasteiger partial charge in [0.2, 0.25) is 18.7 Å². The van der Waals surface area contributed by atoms with Crippen LogP contribution in [0.4, 0.5) is 26.4 Å². The first-order valence-corrected chi connectivity index (χ1v) is 6.87. The van der Waals surface area contributed by atoms with Gasteiger partial charge in [0, 0.05) is 7.05 Å². The maximum atomic E-state index is 14.1. The van der Waals surface area contributed by atoms with Crippen LogP contribution in [0.15, 0.2) is 12.1 Å². The van der Waals surface area contributed by atoms with Crippen LogP contribution >= 0.6 is 0 Å². The molecule has 2 aromatic rings. The minimum absolute atomic E-state index is 0.00477. The van der Waals surface area contributed by atoms with E-state index in [4.69, 9.17) is 9.47 Å². The molecule has 0 atom stereocenters. The maximum absolute atomic E-state index is 14.1. The summed E-state index contributed by atoms with van der Waals surface area (Å²) in [5.41, 5.74) is -1.75. The third kappa shape index (κ3) is 2.94. The lowest BCUT2D eigenvalue weighted by Crippen LogP contribution is -2.17. The fourth-order valence-electron chi connectivity index (χ4n) is 1.99. The van der Waals surface area contributed by atoms with E-state index in [0.29, 0.717) is 5.75 Å². The summed E-state index contributed by atoms with van der Waals surface area (Å²) in [4.78, 5) is 12.0. The quantitative estimate of drug-likeness (QED) is 0.895. The second-order valence-corrected chi connectivity index (χ2v) is 5.31. The fourth-order valence-corrected chi connectivity index (χ4v) is 1.99. The van der Waals surface area contributed by atoms with Gasteiger partial charge in [-0.1, -0.05) is 0 Å². The molecule has 1 aliphatic heterocycles. The number of benzene rings is 1. The van der Waals surface area contributed by atoms with Gasteiger partial charge in [-0.3, -0.25) is 0 Å². The van der Waals surface area contributed by atoms with Gasteiger partial charge >= 0.3 is 0 Å². The van der Waals surface area contributed by atoms with Crippen molar-refractivity contribution in [1.29, 1.82) is 0 Å². The van der Waals surface area contributed by atoms with E-state index in [2.05, 4.69) is 25.6 Å². The van der Waals surface area contributed by atoms with Crippen LogP contribution in [-0.2, 0) is 5.67 Å². The number of fused-ring (bicyclic) bond motifs is 1. The third-order valence-corrected chi connectivity index (χ3v) is 3.12. The van der Waals surface area contributed by atoms with Crippen LogP contribution in [0.1, 0.15) is 19.7 Å². The van der Waals surface area contributed by atoms with Crippen LogP contribution in [0.25, 0.3) is 0 Å². The van der Waals surface area contributed by atoms with Crippen molar-refractivity contribution in [3.63, 3.8) is 0 Å². The van der Waals surface area contributed by atoms with E-state index in [1.165, 1.54) is 26.0 Å². The second-order valence-electron chi connectivity index (χ2n) is 5.31. The van der Waals surface area contributed by atoms with E-state index in [0.717, 1.165) is 0 Å². The van der Waals surface area contributed by atoms with E-state index in [-0.39, 0.29) is 36.0 Å². The normalized spacial score (nSPS) is 13.1.